The van der Waals surface area contributed by atoms with Crippen LogP contribution in [-0.4, -0.2) is 154 Å². The Hall–Kier alpha value is -5.61. The van der Waals surface area contributed by atoms with Gasteiger partial charge in [0.1, 0.15) is 0 Å². The third kappa shape index (κ3) is 11.2. The van der Waals surface area contributed by atoms with Gasteiger partial charge in [0.25, 0.3) is 11.8 Å². The number of carboxylic acid groups (broad SMARTS) is 1. The van der Waals surface area contributed by atoms with Crippen molar-refractivity contribution in [3.63, 3.8) is 0 Å². The molecule has 3 aliphatic rings. The molecule has 0 spiro atoms. The molecule has 3 aliphatic heterocycles. The second-order valence-corrected chi connectivity index (χ2v) is 16.7. The van der Waals surface area contributed by atoms with Crippen LogP contribution in [0, 0.1) is 11.8 Å². The first-order valence-electron chi connectivity index (χ1n) is 21.3. The first-order valence-corrected chi connectivity index (χ1v) is 21.7. The lowest BCUT2D eigenvalue weighted by atomic mass is 9.98. The monoisotopic (exact) mass is 913 g/mol. The number of amides is 3. The molecular weight excluding hydrogens is 861 g/mol. The van der Waals surface area contributed by atoms with Crippen molar-refractivity contribution in [1.29, 1.82) is 0 Å². The number of aliphatic carboxylic acids is 1. The summed E-state index contributed by atoms with van der Waals surface area (Å²) in [4.78, 5) is 64.8. The molecule has 3 saturated heterocycles. The van der Waals surface area contributed by atoms with Crippen LogP contribution in [0.15, 0.2) is 48.9 Å². The minimum absolute atomic E-state index is 0.00507. The van der Waals surface area contributed by atoms with E-state index in [0.717, 1.165) is 42.0 Å². The molecule has 3 fully saturated rings. The lowest BCUT2D eigenvalue weighted by Gasteiger charge is -2.37. The topological polar surface area (TPSA) is 205 Å². The molecule has 3 amide bonds. The van der Waals surface area contributed by atoms with Crippen LogP contribution in [0.25, 0.3) is 17.1 Å². The van der Waals surface area contributed by atoms with Gasteiger partial charge < -0.3 is 50.4 Å². The Morgan fingerprint density at radius 3 is 2.42 bits per heavy atom. The maximum atomic E-state index is 14.3. The number of piperazine rings is 1. The van der Waals surface area contributed by atoms with E-state index in [1.807, 2.05) is 6.92 Å². The predicted octanol–water partition coefficient (Wildman–Crippen LogP) is 1.88. The van der Waals surface area contributed by atoms with Crippen molar-refractivity contribution in [1.82, 2.24) is 44.7 Å². The number of carboxylic acids is 1. The Morgan fingerprint density at radius 2 is 1.80 bits per heavy atom. The fourth-order valence-corrected chi connectivity index (χ4v) is 8.41. The van der Waals surface area contributed by atoms with E-state index >= 15 is 0 Å². The number of ether oxygens (including phenoxy) is 1. The molecule has 3 atom stereocenters. The van der Waals surface area contributed by atoms with Gasteiger partial charge in [0.2, 0.25) is 5.91 Å². The number of hydrogen-bond acceptors (Lipinski definition) is 11. The van der Waals surface area contributed by atoms with E-state index in [0.29, 0.717) is 63.8 Å². The summed E-state index contributed by atoms with van der Waals surface area (Å²) in [5.74, 6) is -1.81. The van der Waals surface area contributed by atoms with E-state index in [-0.39, 0.29) is 82.6 Å². The number of hydrogen-bond donors (Lipinski definition) is 6. The molecule has 7 rings (SSSR count). The number of carbonyl (C=O) groups excluding carboxylic acids is 3. The van der Waals surface area contributed by atoms with Gasteiger partial charge in [-0.15, -0.1) is 0 Å². The number of alkyl halides is 3. The standard InChI is InChI=1S/C42H52ClF3N12O6/c1-3-27(8-10-55(24-36(59)60)22-26-17-47-18-26)40(62)56-11-13-57(14-12-56)41(63)31-6-4-28(16-33(31)43)52-39(61)38-51-21-34(54(38)2)32-23-58(53-37(32)42(44,45)46)35-7-5-29(19-50-35)49-20-30-25-64-15-9-48-30/h4-7,16,19,21,23,26-27,30,47-49H,3,8-15,17-18,20,22,24-25H2,1-2H3,(H,52,61)(H,59,60)/p+1/t27?,30-/m0/s1. The molecule has 0 saturated carbocycles. The maximum Gasteiger partial charge on any atom is 0.435 e. The third-order valence-corrected chi connectivity index (χ3v) is 12.2. The number of halogens is 4. The number of pyridine rings is 1. The molecule has 4 aromatic rings. The molecule has 64 heavy (non-hydrogen) atoms. The minimum atomic E-state index is -4.84. The SMILES string of the molecule is CCC(CC[NH+](CC(=O)O)CC1CNC1)C(=O)N1CCN(C(=O)c2ccc(NC(=O)c3ncc(-c4cn(-c5ccc(NC[C@H]6COCCN6)cn5)nc4C(F)(F)F)n3C)cc2Cl)CC1. The second kappa shape index (κ2) is 20.5. The van der Waals surface area contributed by atoms with Gasteiger partial charge >= 0.3 is 12.1 Å². The fourth-order valence-electron chi connectivity index (χ4n) is 8.15. The molecule has 0 aliphatic carbocycles. The predicted molar refractivity (Wildman–Crippen MR) is 230 cm³/mol. The number of benzene rings is 1. The summed E-state index contributed by atoms with van der Waals surface area (Å²) in [6, 6.07) is 7.71. The van der Waals surface area contributed by atoms with Crippen molar-refractivity contribution >= 4 is 46.7 Å². The van der Waals surface area contributed by atoms with E-state index in [1.54, 1.807) is 21.9 Å². The lowest BCUT2D eigenvalue weighted by molar-refractivity contribution is -0.897. The highest BCUT2D eigenvalue weighted by Gasteiger charge is 2.39. The van der Waals surface area contributed by atoms with E-state index < -0.39 is 23.7 Å². The minimum Gasteiger partial charge on any atom is -0.477 e. The number of anilines is 2. The molecule has 0 radical (unpaired) electrons. The molecular formula is C42H53ClF3N12O6+. The van der Waals surface area contributed by atoms with Gasteiger partial charge in [0, 0.05) is 95.6 Å². The highest BCUT2D eigenvalue weighted by molar-refractivity contribution is 6.34. The van der Waals surface area contributed by atoms with Crippen LogP contribution < -0.4 is 26.2 Å². The number of carbonyl (C=O) groups is 4. The van der Waals surface area contributed by atoms with Gasteiger partial charge in [-0.1, -0.05) is 18.5 Å². The van der Waals surface area contributed by atoms with Crippen molar-refractivity contribution in [2.24, 2.45) is 18.9 Å². The van der Waals surface area contributed by atoms with Crippen LogP contribution >= 0.6 is 11.6 Å². The van der Waals surface area contributed by atoms with Crippen molar-refractivity contribution < 1.29 is 47.1 Å². The molecule has 22 heteroatoms. The third-order valence-electron chi connectivity index (χ3n) is 11.9. The Bertz CT molecular complexity index is 2290. The van der Waals surface area contributed by atoms with Gasteiger partial charge in [0.15, 0.2) is 23.9 Å². The van der Waals surface area contributed by atoms with Crippen LogP contribution in [0.2, 0.25) is 5.02 Å². The summed E-state index contributed by atoms with van der Waals surface area (Å²) in [5.41, 5.74) is -0.430. The van der Waals surface area contributed by atoms with E-state index in [2.05, 4.69) is 36.3 Å². The largest absolute Gasteiger partial charge is 0.477 e. The van der Waals surface area contributed by atoms with Crippen LogP contribution in [0.1, 0.15) is 46.4 Å². The number of quaternary nitrogens is 1. The summed E-state index contributed by atoms with van der Waals surface area (Å²) in [7, 11) is 1.41. The number of nitrogens with one attached hydrogen (secondary N) is 5. The summed E-state index contributed by atoms with van der Waals surface area (Å²) >= 11 is 6.58. The number of nitrogens with zero attached hydrogens (tertiary/aromatic N) is 7. The van der Waals surface area contributed by atoms with Crippen molar-refractivity contribution in [2.45, 2.75) is 32.0 Å². The van der Waals surface area contributed by atoms with Gasteiger partial charge in [-0.2, -0.15) is 18.3 Å². The zero-order valence-corrected chi connectivity index (χ0v) is 36.3. The van der Waals surface area contributed by atoms with Crippen molar-refractivity contribution in [2.75, 3.05) is 95.8 Å². The second-order valence-electron chi connectivity index (χ2n) is 16.3. The van der Waals surface area contributed by atoms with Crippen molar-refractivity contribution in [3.8, 4) is 17.1 Å². The van der Waals surface area contributed by atoms with Gasteiger partial charge in [-0.25, -0.2) is 19.4 Å². The molecule has 6 heterocycles. The van der Waals surface area contributed by atoms with E-state index in [1.165, 1.54) is 42.2 Å². The lowest BCUT2D eigenvalue weighted by Crippen LogP contribution is -3.14. The Labute approximate surface area is 372 Å². The molecule has 3 aromatic heterocycles. The van der Waals surface area contributed by atoms with E-state index in [9.17, 15) is 37.5 Å². The number of morpholine rings is 1. The summed E-state index contributed by atoms with van der Waals surface area (Å²) in [6.45, 7) is 8.81. The average molecular weight is 914 g/mol. The smallest absolute Gasteiger partial charge is 0.435 e. The van der Waals surface area contributed by atoms with Gasteiger partial charge in [-0.3, -0.25) is 14.4 Å². The first kappa shape index (κ1) is 46.4. The summed E-state index contributed by atoms with van der Waals surface area (Å²) in [6.07, 6.45) is 0.198. The molecule has 1 aromatic carbocycles. The van der Waals surface area contributed by atoms with Crippen LogP contribution in [0.3, 0.4) is 0 Å². The Morgan fingerprint density at radius 1 is 1.05 bits per heavy atom. The zero-order valence-electron chi connectivity index (χ0n) is 35.6. The molecule has 344 valence electrons. The van der Waals surface area contributed by atoms with Crippen LogP contribution in [0.5, 0.6) is 0 Å². The number of imidazole rings is 1. The van der Waals surface area contributed by atoms with E-state index in [4.69, 9.17) is 16.3 Å². The zero-order chi connectivity index (χ0) is 45.5. The summed E-state index contributed by atoms with van der Waals surface area (Å²) in [5, 5.41) is 25.7. The van der Waals surface area contributed by atoms with Crippen LogP contribution in [-0.2, 0) is 27.5 Å². The first-order chi connectivity index (χ1) is 30.7. The normalized spacial score (nSPS) is 18.0. The molecule has 0 bridgehead atoms. The highest BCUT2D eigenvalue weighted by Crippen LogP contribution is 2.37. The quantitative estimate of drug-likeness (QED) is 0.0900. The molecule has 18 nitrogen and oxygen atoms in total. The number of rotatable bonds is 17. The van der Waals surface area contributed by atoms with Gasteiger partial charge in [-0.05, 0) is 36.8 Å². The van der Waals surface area contributed by atoms with Crippen LogP contribution in [0.4, 0.5) is 24.5 Å². The maximum absolute atomic E-state index is 14.3. The molecule has 6 N–H and O–H groups in total. The summed E-state index contributed by atoms with van der Waals surface area (Å²) < 4.78 is 50.7. The average Bonchev–Trinajstić information content (AvgIpc) is 3.89. The van der Waals surface area contributed by atoms with Gasteiger partial charge in [0.05, 0.1) is 66.2 Å². The number of aromatic nitrogens is 5. The Balaban J connectivity index is 0.945. The van der Waals surface area contributed by atoms with Crippen molar-refractivity contribution in [3.05, 3.63) is 71.0 Å². The highest BCUT2D eigenvalue weighted by atomic mass is 35.5. The fraction of sp³-hybridized carbons (Fsp3) is 0.500. The molecule has 2 unspecified atom stereocenters. The Kier molecular flexibility index (Phi) is 14.8.